The van der Waals surface area contributed by atoms with E-state index in [1.807, 2.05) is 45.9 Å². The Morgan fingerprint density at radius 3 is 2.56 bits per heavy atom. The maximum absolute atomic E-state index is 11.7. The maximum Gasteiger partial charge on any atom is 0.225 e. The Labute approximate surface area is 97.0 Å². The molecule has 0 unspecified atom stereocenters. The molecule has 0 saturated carbocycles. The molecule has 0 fully saturated rings. The highest BCUT2D eigenvalue weighted by Gasteiger charge is 2.20. The summed E-state index contributed by atoms with van der Waals surface area (Å²) < 4.78 is 0. The van der Waals surface area contributed by atoms with Crippen LogP contribution in [-0.4, -0.2) is 5.91 Å². The van der Waals surface area contributed by atoms with Gasteiger partial charge in [0.15, 0.2) is 0 Å². The van der Waals surface area contributed by atoms with E-state index in [2.05, 4.69) is 5.32 Å². The molecule has 0 heterocycles. The van der Waals surface area contributed by atoms with E-state index in [1.54, 1.807) is 0 Å². The van der Waals surface area contributed by atoms with Crippen LogP contribution in [0.4, 0.5) is 5.69 Å². The fourth-order valence-corrected chi connectivity index (χ4v) is 1.34. The van der Waals surface area contributed by atoms with Crippen molar-refractivity contribution in [3.63, 3.8) is 0 Å². The van der Waals surface area contributed by atoms with Crippen LogP contribution in [0.5, 0.6) is 0 Å². The normalized spacial score (nSPS) is 11.2. The molecule has 0 saturated heterocycles. The van der Waals surface area contributed by atoms with Crippen molar-refractivity contribution < 1.29 is 4.79 Å². The largest absolute Gasteiger partial charge is 0.399 e. The maximum atomic E-state index is 11.7. The first-order chi connectivity index (χ1) is 7.32. The minimum atomic E-state index is -0.353. The van der Waals surface area contributed by atoms with Crippen LogP contribution in [0.15, 0.2) is 18.2 Å². The van der Waals surface area contributed by atoms with Gasteiger partial charge in [-0.25, -0.2) is 0 Å². The van der Waals surface area contributed by atoms with Crippen molar-refractivity contribution >= 4 is 11.6 Å². The zero-order valence-electron chi connectivity index (χ0n) is 10.4. The lowest BCUT2D eigenvalue weighted by Crippen LogP contribution is -2.34. The number of anilines is 1. The van der Waals surface area contributed by atoms with E-state index in [0.29, 0.717) is 6.54 Å². The molecular formula is C13H20N2O. The summed E-state index contributed by atoms with van der Waals surface area (Å²) in [5.41, 5.74) is 8.32. The van der Waals surface area contributed by atoms with Gasteiger partial charge in [-0.1, -0.05) is 32.9 Å². The molecule has 0 aromatic heterocycles. The van der Waals surface area contributed by atoms with E-state index in [-0.39, 0.29) is 11.3 Å². The molecular weight excluding hydrogens is 200 g/mol. The number of hydrogen-bond acceptors (Lipinski definition) is 2. The summed E-state index contributed by atoms with van der Waals surface area (Å²) in [5, 5.41) is 2.91. The topological polar surface area (TPSA) is 55.1 Å². The van der Waals surface area contributed by atoms with Crippen LogP contribution in [0.3, 0.4) is 0 Å². The zero-order chi connectivity index (χ0) is 12.3. The van der Waals surface area contributed by atoms with Gasteiger partial charge in [0.1, 0.15) is 0 Å². The van der Waals surface area contributed by atoms with Crippen molar-refractivity contribution in [1.82, 2.24) is 5.32 Å². The zero-order valence-corrected chi connectivity index (χ0v) is 10.4. The molecule has 3 nitrogen and oxygen atoms in total. The van der Waals surface area contributed by atoms with Gasteiger partial charge in [0.25, 0.3) is 0 Å². The highest BCUT2D eigenvalue weighted by atomic mass is 16.2. The molecule has 1 aromatic rings. The highest BCUT2D eigenvalue weighted by molar-refractivity contribution is 5.81. The number of hydrogen-bond donors (Lipinski definition) is 2. The fraction of sp³-hybridized carbons (Fsp3) is 0.462. The molecule has 1 amide bonds. The molecule has 0 atom stereocenters. The van der Waals surface area contributed by atoms with Crippen LogP contribution in [0.2, 0.25) is 0 Å². The van der Waals surface area contributed by atoms with Crippen molar-refractivity contribution in [1.29, 1.82) is 0 Å². The van der Waals surface area contributed by atoms with Gasteiger partial charge in [0, 0.05) is 17.6 Å². The minimum Gasteiger partial charge on any atom is -0.399 e. The Morgan fingerprint density at radius 2 is 2.00 bits per heavy atom. The lowest BCUT2D eigenvalue weighted by Gasteiger charge is -2.18. The summed E-state index contributed by atoms with van der Waals surface area (Å²) in [6.45, 7) is 8.19. The monoisotopic (exact) mass is 220 g/mol. The SMILES string of the molecule is Cc1c(N)cccc1CNC(=O)C(C)(C)C. The third-order valence-electron chi connectivity index (χ3n) is 2.61. The number of nitrogen functional groups attached to an aromatic ring is 1. The Hall–Kier alpha value is -1.51. The molecule has 1 aromatic carbocycles. The predicted molar refractivity (Wildman–Crippen MR) is 66.9 cm³/mol. The number of carbonyl (C=O) groups excluding carboxylic acids is 1. The van der Waals surface area contributed by atoms with Crippen LogP contribution in [0.25, 0.3) is 0 Å². The number of amides is 1. The molecule has 0 radical (unpaired) electrons. The Bertz CT molecular complexity index is 391. The lowest BCUT2D eigenvalue weighted by molar-refractivity contribution is -0.128. The standard InChI is InChI=1S/C13H20N2O/c1-9-10(6-5-7-11(9)14)8-15-12(16)13(2,3)4/h5-7H,8,14H2,1-4H3,(H,15,16). The van der Waals surface area contributed by atoms with Crippen molar-refractivity contribution in [2.24, 2.45) is 5.41 Å². The molecule has 0 aliphatic carbocycles. The van der Waals surface area contributed by atoms with Gasteiger partial charge < -0.3 is 11.1 Å². The van der Waals surface area contributed by atoms with Crippen LogP contribution in [-0.2, 0) is 11.3 Å². The van der Waals surface area contributed by atoms with Crippen LogP contribution in [0, 0.1) is 12.3 Å². The third-order valence-corrected chi connectivity index (χ3v) is 2.61. The van der Waals surface area contributed by atoms with Crippen LogP contribution in [0.1, 0.15) is 31.9 Å². The summed E-state index contributed by atoms with van der Waals surface area (Å²) in [4.78, 5) is 11.7. The molecule has 0 aliphatic heterocycles. The summed E-state index contributed by atoms with van der Waals surface area (Å²) in [5.74, 6) is 0.0503. The van der Waals surface area contributed by atoms with Crippen molar-refractivity contribution in [3.05, 3.63) is 29.3 Å². The van der Waals surface area contributed by atoms with Gasteiger partial charge in [-0.15, -0.1) is 0 Å². The molecule has 0 aliphatic rings. The van der Waals surface area contributed by atoms with E-state index in [0.717, 1.165) is 16.8 Å². The second-order valence-corrected chi connectivity index (χ2v) is 5.06. The van der Waals surface area contributed by atoms with Crippen molar-refractivity contribution in [2.45, 2.75) is 34.2 Å². The highest BCUT2D eigenvalue weighted by Crippen LogP contribution is 2.17. The first-order valence-corrected chi connectivity index (χ1v) is 5.44. The minimum absolute atomic E-state index is 0.0503. The number of rotatable bonds is 2. The molecule has 1 rings (SSSR count). The van der Waals surface area contributed by atoms with E-state index in [9.17, 15) is 4.79 Å². The molecule has 3 heteroatoms. The van der Waals surface area contributed by atoms with Gasteiger partial charge in [-0.3, -0.25) is 4.79 Å². The summed E-state index contributed by atoms with van der Waals surface area (Å²) in [6.07, 6.45) is 0. The van der Waals surface area contributed by atoms with E-state index in [4.69, 9.17) is 5.73 Å². The van der Waals surface area contributed by atoms with Crippen LogP contribution < -0.4 is 11.1 Å². The van der Waals surface area contributed by atoms with Crippen molar-refractivity contribution in [3.8, 4) is 0 Å². The van der Waals surface area contributed by atoms with Gasteiger partial charge >= 0.3 is 0 Å². The first-order valence-electron chi connectivity index (χ1n) is 5.44. The van der Waals surface area contributed by atoms with Crippen LogP contribution >= 0.6 is 0 Å². The Kier molecular flexibility index (Phi) is 3.58. The predicted octanol–water partition coefficient (Wildman–Crippen LogP) is 2.24. The lowest BCUT2D eigenvalue weighted by atomic mass is 9.95. The van der Waals surface area contributed by atoms with Gasteiger partial charge in [-0.05, 0) is 24.1 Å². The number of nitrogens with one attached hydrogen (secondary N) is 1. The van der Waals surface area contributed by atoms with Gasteiger partial charge in [0.05, 0.1) is 0 Å². The number of nitrogens with two attached hydrogens (primary N) is 1. The average Bonchev–Trinajstić information content (AvgIpc) is 2.18. The molecule has 16 heavy (non-hydrogen) atoms. The van der Waals surface area contributed by atoms with E-state index >= 15 is 0 Å². The second kappa shape index (κ2) is 4.56. The number of carbonyl (C=O) groups is 1. The first kappa shape index (κ1) is 12.6. The smallest absolute Gasteiger partial charge is 0.225 e. The third kappa shape index (κ3) is 2.99. The van der Waals surface area contributed by atoms with Gasteiger partial charge in [0.2, 0.25) is 5.91 Å². The molecule has 0 bridgehead atoms. The Morgan fingerprint density at radius 1 is 1.38 bits per heavy atom. The molecule has 88 valence electrons. The molecule has 0 spiro atoms. The summed E-state index contributed by atoms with van der Waals surface area (Å²) in [7, 11) is 0. The quantitative estimate of drug-likeness (QED) is 0.751. The van der Waals surface area contributed by atoms with E-state index in [1.165, 1.54) is 0 Å². The van der Waals surface area contributed by atoms with Gasteiger partial charge in [-0.2, -0.15) is 0 Å². The van der Waals surface area contributed by atoms with E-state index < -0.39 is 0 Å². The average molecular weight is 220 g/mol. The fourth-order valence-electron chi connectivity index (χ4n) is 1.34. The summed E-state index contributed by atoms with van der Waals surface area (Å²) >= 11 is 0. The Balaban J connectivity index is 2.69. The number of benzene rings is 1. The second-order valence-electron chi connectivity index (χ2n) is 5.06. The van der Waals surface area contributed by atoms with Crippen molar-refractivity contribution in [2.75, 3.05) is 5.73 Å². The molecule has 3 N–H and O–H groups in total. The summed E-state index contributed by atoms with van der Waals surface area (Å²) in [6, 6.07) is 5.75.